The Morgan fingerprint density at radius 1 is 1.09 bits per heavy atom. The van der Waals surface area contributed by atoms with Crippen LogP contribution in [0, 0.1) is 0 Å². The van der Waals surface area contributed by atoms with E-state index < -0.39 is 6.04 Å². The lowest BCUT2D eigenvalue weighted by molar-refractivity contribution is -0.124. The van der Waals surface area contributed by atoms with Crippen LogP contribution in [0.15, 0.2) is 29.5 Å². The number of nitrogens with one attached hydrogen (secondary N) is 1. The summed E-state index contributed by atoms with van der Waals surface area (Å²) in [6.45, 7) is 0.426. The molecule has 7 nitrogen and oxygen atoms in total. The summed E-state index contributed by atoms with van der Waals surface area (Å²) in [7, 11) is 6.51. The minimum Gasteiger partial charge on any atom is -0.497 e. The highest BCUT2D eigenvalue weighted by atomic mass is 16.5. The average molecular weight is 317 g/mol. The van der Waals surface area contributed by atoms with Crippen molar-refractivity contribution in [2.24, 2.45) is 0 Å². The van der Waals surface area contributed by atoms with Crippen LogP contribution in [0.5, 0.6) is 11.5 Å². The Morgan fingerprint density at radius 3 is 2.26 bits per heavy atom. The molecule has 3 amide bonds. The number of likely N-dealkylation sites (N-methyl/N-ethyl adjacent to an activating group) is 2. The molecule has 0 bridgehead atoms. The van der Waals surface area contributed by atoms with Crippen molar-refractivity contribution in [1.82, 2.24) is 15.1 Å². The Morgan fingerprint density at radius 2 is 1.70 bits per heavy atom. The van der Waals surface area contributed by atoms with Gasteiger partial charge in [-0.05, 0) is 17.7 Å². The summed E-state index contributed by atoms with van der Waals surface area (Å²) in [5.74, 6) is 1.13. The molecule has 0 spiro atoms. The Balaban J connectivity index is 2.12. The summed E-state index contributed by atoms with van der Waals surface area (Å²) >= 11 is 0. The highest BCUT2D eigenvalue weighted by Crippen LogP contribution is 2.37. The van der Waals surface area contributed by atoms with Crippen LogP contribution in [-0.4, -0.2) is 56.6 Å². The number of amides is 3. The van der Waals surface area contributed by atoms with Crippen LogP contribution in [0.2, 0.25) is 0 Å². The molecule has 0 aromatic heterocycles. The molecule has 122 valence electrons. The molecule has 1 aromatic rings. The molecule has 2 heterocycles. The minimum absolute atomic E-state index is 0.0846. The average Bonchev–Trinajstić information content (AvgIpc) is 2.86. The molecule has 0 saturated carbocycles. The van der Waals surface area contributed by atoms with Crippen LogP contribution in [0.1, 0.15) is 11.6 Å². The van der Waals surface area contributed by atoms with Gasteiger partial charge in [0, 0.05) is 20.2 Å². The zero-order valence-electron chi connectivity index (χ0n) is 13.5. The third-order valence-electron chi connectivity index (χ3n) is 4.25. The lowest BCUT2D eigenvalue weighted by atomic mass is 9.95. The molecule has 1 atom stereocenters. The topological polar surface area (TPSA) is 71.1 Å². The minimum atomic E-state index is -0.518. The fourth-order valence-corrected chi connectivity index (χ4v) is 2.95. The van der Waals surface area contributed by atoms with Crippen LogP contribution in [0.4, 0.5) is 4.79 Å². The maximum atomic E-state index is 12.5. The van der Waals surface area contributed by atoms with Gasteiger partial charge in [0.1, 0.15) is 11.5 Å². The van der Waals surface area contributed by atoms with E-state index in [1.165, 1.54) is 4.90 Å². The molecule has 3 rings (SSSR count). The summed E-state index contributed by atoms with van der Waals surface area (Å²) in [6.07, 6.45) is 0. The number of benzene rings is 1. The second kappa shape index (κ2) is 5.49. The molecule has 0 saturated heterocycles. The molecular formula is C16H19N3O4. The summed E-state index contributed by atoms with van der Waals surface area (Å²) < 4.78 is 10.6. The number of methoxy groups -OCH3 is 2. The van der Waals surface area contributed by atoms with Gasteiger partial charge >= 0.3 is 6.03 Å². The highest BCUT2D eigenvalue weighted by Gasteiger charge is 2.41. The first-order valence-electron chi connectivity index (χ1n) is 7.22. The fraction of sp³-hybridized carbons (Fsp3) is 0.375. The Kier molecular flexibility index (Phi) is 3.63. The zero-order valence-corrected chi connectivity index (χ0v) is 13.5. The van der Waals surface area contributed by atoms with Crippen molar-refractivity contribution < 1.29 is 19.1 Å². The number of carbonyl (C=O) groups is 2. The molecule has 23 heavy (non-hydrogen) atoms. The number of rotatable bonds is 3. The van der Waals surface area contributed by atoms with E-state index in [1.807, 2.05) is 0 Å². The predicted molar refractivity (Wildman–Crippen MR) is 83.2 cm³/mol. The molecular weight excluding hydrogens is 298 g/mol. The lowest BCUT2D eigenvalue weighted by Gasteiger charge is -2.31. The van der Waals surface area contributed by atoms with E-state index >= 15 is 0 Å². The smallest absolute Gasteiger partial charge is 0.322 e. The normalized spacial score (nSPS) is 20.6. The molecule has 2 aliphatic rings. The maximum Gasteiger partial charge on any atom is 0.322 e. The number of hydrogen-bond acceptors (Lipinski definition) is 4. The quantitative estimate of drug-likeness (QED) is 0.907. The number of urea groups is 1. The molecule has 2 aliphatic heterocycles. The SMILES string of the molecule is COc1cc(OC)cc([C@@H]2NC(=O)N(C)C3=C2C(=O)N(C)C3)c1. The molecule has 0 radical (unpaired) electrons. The molecule has 1 aromatic carbocycles. The van der Waals surface area contributed by atoms with E-state index in [0.29, 0.717) is 23.6 Å². The van der Waals surface area contributed by atoms with Gasteiger partial charge in [-0.3, -0.25) is 9.69 Å². The molecule has 7 heteroatoms. The standard InChI is InChI=1S/C16H19N3O4/c1-18-8-12-13(15(18)20)14(17-16(21)19(12)2)9-5-10(22-3)7-11(6-9)23-4/h5-7,14H,8H2,1-4H3,(H,17,21)/t14-/m0/s1. The first-order valence-corrected chi connectivity index (χ1v) is 7.22. The number of ether oxygens (including phenoxy) is 2. The van der Waals surface area contributed by atoms with Gasteiger partial charge in [0.25, 0.3) is 5.91 Å². The van der Waals surface area contributed by atoms with Crippen molar-refractivity contribution in [2.45, 2.75) is 6.04 Å². The van der Waals surface area contributed by atoms with Crippen LogP contribution in [0.3, 0.4) is 0 Å². The second-order valence-corrected chi connectivity index (χ2v) is 5.61. The van der Waals surface area contributed by atoms with Gasteiger partial charge in [-0.1, -0.05) is 0 Å². The van der Waals surface area contributed by atoms with Gasteiger partial charge in [0.15, 0.2) is 0 Å². The summed E-state index contributed by atoms with van der Waals surface area (Å²) in [5.41, 5.74) is 2.07. The van der Waals surface area contributed by atoms with E-state index in [1.54, 1.807) is 51.4 Å². The van der Waals surface area contributed by atoms with Crippen molar-refractivity contribution in [3.63, 3.8) is 0 Å². The molecule has 0 unspecified atom stereocenters. The van der Waals surface area contributed by atoms with Gasteiger partial charge in [-0.25, -0.2) is 4.79 Å². The third-order valence-corrected chi connectivity index (χ3v) is 4.25. The Hall–Kier alpha value is -2.70. The van der Waals surface area contributed by atoms with Crippen molar-refractivity contribution in [3.8, 4) is 11.5 Å². The van der Waals surface area contributed by atoms with Gasteiger partial charge < -0.3 is 19.7 Å². The van der Waals surface area contributed by atoms with Crippen molar-refractivity contribution in [2.75, 3.05) is 34.9 Å². The van der Waals surface area contributed by atoms with Gasteiger partial charge in [0.2, 0.25) is 0 Å². The van der Waals surface area contributed by atoms with E-state index in [0.717, 1.165) is 11.3 Å². The first-order chi connectivity index (χ1) is 11.0. The molecule has 1 N–H and O–H groups in total. The van der Waals surface area contributed by atoms with Crippen LogP contribution in [-0.2, 0) is 4.79 Å². The van der Waals surface area contributed by atoms with Crippen LogP contribution in [0.25, 0.3) is 0 Å². The molecule has 0 aliphatic carbocycles. The summed E-state index contributed by atoms with van der Waals surface area (Å²) in [4.78, 5) is 27.8. The predicted octanol–water partition coefficient (Wildman–Crippen LogP) is 1.13. The Bertz CT molecular complexity index is 691. The second-order valence-electron chi connectivity index (χ2n) is 5.61. The molecule has 0 fully saturated rings. The van der Waals surface area contributed by atoms with E-state index in [4.69, 9.17) is 9.47 Å². The van der Waals surface area contributed by atoms with Crippen molar-refractivity contribution in [1.29, 1.82) is 0 Å². The fourth-order valence-electron chi connectivity index (χ4n) is 2.95. The van der Waals surface area contributed by atoms with E-state index in [-0.39, 0.29) is 11.9 Å². The summed E-state index contributed by atoms with van der Waals surface area (Å²) in [5, 5.41) is 2.88. The van der Waals surface area contributed by atoms with Crippen LogP contribution >= 0.6 is 0 Å². The lowest BCUT2D eigenvalue weighted by Crippen LogP contribution is -2.45. The van der Waals surface area contributed by atoms with E-state index in [9.17, 15) is 9.59 Å². The number of hydrogen-bond donors (Lipinski definition) is 1. The van der Waals surface area contributed by atoms with Gasteiger partial charge in [-0.15, -0.1) is 0 Å². The zero-order chi connectivity index (χ0) is 16.7. The largest absolute Gasteiger partial charge is 0.497 e. The monoisotopic (exact) mass is 317 g/mol. The third kappa shape index (κ3) is 2.38. The summed E-state index contributed by atoms with van der Waals surface area (Å²) in [6, 6.07) is 4.59. The number of carbonyl (C=O) groups excluding carboxylic acids is 2. The number of nitrogens with zero attached hydrogens (tertiary/aromatic N) is 2. The first kappa shape index (κ1) is 15.2. The van der Waals surface area contributed by atoms with Gasteiger partial charge in [0.05, 0.1) is 38.1 Å². The van der Waals surface area contributed by atoms with Crippen molar-refractivity contribution >= 4 is 11.9 Å². The van der Waals surface area contributed by atoms with E-state index in [2.05, 4.69) is 5.32 Å². The highest BCUT2D eigenvalue weighted by molar-refractivity contribution is 6.01. The maximum absolute atomic E-state index is 12.5. The van der Waals surface area contributed by atoms with Crippen molar-refractivity contribution in [3.05, 3.63) is 35.0 Å². The Labute approximate surface area is 134 Å². The van der Waals surface area contributed by atoms with Gasteiger partial charge in [-0.2, -0.15) is 0 Å². The van der Waals surface area contributed by atoms with Crippen LogP contribution < -0.4 is 14.8 Å².